The topological polar surface area (TPSA) is 49.3 Å². The smallest absolute Gasteiger partial charge is 0.193 e. The molecule has 29 heavy (non-hydrogen) atoms. The quantitative estimate of drug-likeness (QED) is 0.310. The number of methoxy groups -OCH3 is 2. The van der Waals surface area contributed by atoms with Gasteiger partial charge in [-0.3, -0.25) is 4.99 Å². The zero-order chi connectivity index (χ0) is 19.9. The monoisotopic (exact) mass is 516 g/mol. The van der Waals surface area contributed by atoms with E-state index < -0.39 is 0 Å². The second-order valence-corrected chi connectivity index (χ2v) is 7.94. The third-order valence-electron chi connectivity index (χ3n) is 5.76. The maximum absolute atomic E-state index is 5.42. The summed E-state index contributed by atoms with van der Waals surface area (Å²) in [5.41, 5.74) is 1.23. The van der Waals surface area contributed by atoms with Crippen molar-refractivity contribution in [2.45, 2.75) is 38.6 Å². The summed E-state index contributed by atoms with van der Waals surface area (Å²) in [5.74, 6) is 3.26. The van der Waals surface area contributed by atoms with Gasteiger partial charge in [-0.15, -0.1) is 24.0 Å². The first kappa shape index (κ1) is 24.1. The Morgan fingerprint density at radius 3 is 2.62 bits per heavy atom. The number of guanidine groups is 1. The zero-order valence-corrected chi connectivity index (χ0v) is 20.6. The van der Waals surface area contributed by atoms with Gasteiger partial charge in [-0.25, -0.2) is 0 Å². The van der Waals surface area contributed by atoms with Crippen molar-refractivity contribution >= 4 is 29.9 Å². The van der Waals surface area contributed by atoms with E-state index in [2.05, 4.69) is 41.2 Å². The van der Waals surface area contributed by atoms with Gasteiger partial charge < -0.3 is 24.6 Å². The van der Waals surface area contributed by atoms with Crippen LogP contribution in [0.25, 0.3) is 0 Å². The number of nitrogens with one attached hydrogen (secondary N) is 1. The number of likely N-dealkylation sites (tertiary alicyclic amines) is 1. The first-order valence-electron chi connectivity index (χ1n) is 10.6. The van der Waals surface area contributed by atoms with E-state index in [1.165, 1.54) is 37.9 Å². The van der Waals surface area contributed by atoms with Gasteiger partial charge >= 0.3 is 0 Å². The Morgan fingerprint density at radius 1 is 1.21 bits per heavy atom. The summed E-state index contributed by atoms with van der Waals surface area (Å²) < 4.78 is 10.7. The number of ether oxygens (including phenoxy) is 2. The van der Waals surface area contributed by atoms with Crippen LogP contribution >= 0.6 is 24.0 Å². The molecule has 0 amide bonds. The molecule has 0 spiro atoms. The first-order chi connectivity index (χ1) is 13.6. The van der Waals surface area contributed by atoms with Gasteiger partial charge in [-0.1, -0.05) is 6.07 Å². The zero-order valence-electron chi connectivity index (χ0n) is 18.3. The van der Waals surface area contributed by atoms with Crippen LogP contribution in [-0.4, -0.2) is 75.8 Å². The Balaban J connectivity index is 0.00000300. The summed E-state index contributed by atoms with van der Waals surface area (Å²) in [6.07, 6.45) is 5.02. The van der Waals surface area contributed by atoms with Crippen LogP contribution < -0.4 is 14.8 Å². The molecule has 2 aliphatic rings. The van der Waals surface area contributed by atoms with E-state index in [0.717, 1.165) is 49.6 Å². The van der Waals surface area contributed by atoms with Crippen LogP contribution in [-0.2, 0) is 6.42 Å². The van der Waals surface area contributed by atoms with Crippen molar-refractivity contribution in [3.05, 3.63) is 23.8 Å². The molecule has 1 saturated heterocycles. The molecule has 0 radical (unpaired) electrons. The molecule has 1 heterocycles. The van der Waals surface area contributed by atoms with E-state index in [9.17, 15) is 0 Å². The lowest BCUT2D eigenvalue weighted by molar-refractivity contribution is 0.315. The van der Waals surface area contributed by atoms with Crippen molar-refractivity contribution in [2.24, 2.45) is 10.9 Å². The summed E-state index contributed by atoms with van der Waals surface area (Å²) in [6.45, 7) is 7.33. The van der Waals surface area contributed by atoms with Gasteiger partial charge in [-0.05, 0) is 62.8 Å². The summed E-state index contributed by atoms with van der Waals surface area (Å²) in [7, 11) is 5.46. The summed E-state index contributed by atoms with van der Waals surface area (Å²) >= 11 is 0. The average molecular weight is 516 g/mol. The van der Waals surface area contributed by atoms with E-state index >= 15 is 0 Å². The molecule has 164 valence electrons. The van der Waals surface area contributed by atoms with E-state index in [0.29, 0.717) is 5.92 Å². The minimum absolute atomic E-state index is 0. The largest absolute Gasteiger partial charge is 0.493 e. The van der Waals surface area contributed by atoms with Gasteiger partial charge in [0.2, 0.25) is 0 Å². The predicted molar refractivity (Wildman–Crippen MR) is 130 cm³/mol. The maximum Gasteiger partial charge on any atom is 0.193 e. The second-order valence-electron chi connectivity index (χ2n) is 7.94. The van der Waals surface area contributed by atoms with Gasteiger partial charge in [0.15, 0.2) is 17.5 Å². The third-order valence-corrected chi connectivity index (χ3v) is 5.76. The summed E-state index contributed by atoms with van der Waals surface area (Å²) in [5, 5.41) is 3.45. The van der Waals surface area contributed by atoms with E-state index in [1.807, 2.05) is 6.07 Å². The molecule has 1 aliphatic heterocycles. The van der Waals surface area contributed by atoms with Crippen molar-refractivity contribution < 1.29 is 9.47 Å². The summed E-state index contributed by atoms with van der Waals surface area (Å²) in [6, 6.07) is 7.01. The fourth-order valence-corrected chi connectivity index (χ4v) is 3.91. The molecule has 6 nitrogen and oxygen atoms in total. The number of rotatable bonds is 9. The third kappa shape index (κ3) is 6.91. The highest BCUT2D eigenvalue weighted by Gasteiger charge is 2.34. The Kier molecular flexibility index (Phi) is 9.82. The molecule has 1 saturated carbocycles. The molecule has 1 aliphatic carbocycles. The molecular formula is C22H37IN4O2. The van der Waals surface area contributed by atoms with Gasteiger partial charge in [0, 0.05) is 39.3 Å². The molecule has 1 aromatic rings. The Hall–Kier alpha value is -1.22. The summed E-state index contributed by atoms with van der Waals surface area (Å²) in [4.78, 5) is 9.83. The highest BCUT2D eigenvalue weighted by atomic mass is 127. The second kappa shape index (κ2) is 11.8. The fraction of sp³-hybridized carbons (Fsp3) is 0.682. The molecule has 0 aromatic heterocycles. The lowest BCUT2D eigenvalue weighted by atomic mass is 10.1. The first-order valence-corrected chi connectivity index (χ1v) is 10.6. The predicted octanol–water partition coefficient (Wildman–Crippen LogP) is 3.25. The molecule has 1 atom stereocenters. The number of hydrogen-bond donors (Lipinski definition) is 1. The molecule has 3 rings (SSSR count). The van der Waals surface area contributed by atoms with Crippen LogP contribution in [0.3, 0.4) is 0 Å². The standard InChI is InChI=1S/C22H36N4O2.HI/c1-5-23-22(24-15-18-11-13-26(16-18)19-7-8-19)25(2)12-10-17-6-9-20(27-3)21(14-17)28-4;/h6,9,14,18-19H,5,7-8,10-13,15-16H2,1-4H3,(H,23,24);1H. The Labute approximate surface area is 193 Å². The lowest BCUT2D eigenvalue weighted by Crippen LogP contribution is -2.40. The van der Waals surface area contributed by atoms with Gasteiger partial charge in [0.25, 0.3) is 0 Å². The van der Waals surface area contributed by atoms with Crippen LogP contribution in [0.4, 0.5) is 0 Å². The Morgan fingerprint density at radius 2 is 1.97 bits per heavy atom. The fourth-order valence-electron chi connectivity index (χ4n) is 3.91. The molecular weight excluding hydrogens is 479 g/mol. The van der Waals surface area contributed by atoms with Gasteiger partial charge in [-0.2, -0.15) is 0 Å². The van der Waals surface area contributed by atoms with E-state index in [1.54, 1.807) is 14.2 Å². The van der Waals surface area contributed by atoms with Crippen molar-refractivity contribution in [1.29, 1.82) is 0 Å². The van der Waals surface area contributed by atoms with Gasteiger partial charge in [0.1, 0.15) is 0 Å². The lowest BCUT2D eigenvalue weighted by Gasteiger charge is -2.23. The SMILES string of the molecule is CCNC(=NCC1CCN(C2CC2)C1)N(C)CCc1ccc(OC)c(OC)c1.I. The minimum atomic E-state index is 0. The molecule has 2 fully saturated rings. The van der Waals surface area contributed by atoms with Crippen LogP contribution in [0.1, 0.15) is 31.7 Å². The number of nitrogens with zero attached hydrogens (tertiary/aromatic N) is 3. The highest BCUT2D eigenvalue weighted by Crippen LogP contribution is 2.31. The molecule has 1 aromatic carbocycles. The number of halogens is 1. The Bertz CT molecular complexity index is 666. The van der Waals surface area contributed by atoms with Crippen LogP contribution in [0.15, 0.2) is 23.2 Å². The molecule has 0 bridgehead atoms. The number of aliphatic imine (C=N–C) groups is 1. The average Bonchev–Trinajstić information content (AvgIpc) is 3.47. The molecule has 1 unspecified atom stereocenters. The van der Waals surface area contributed by atoms with Crippen LogP contribution in [0.2, 0.25) is 0 Å². The van der Waals surface area contributed by atoms with Crippen LogP contribution in [0.5, 0.6) is 11.5 Å². The van der Waals surface area contributed by atoms with Crippen molar-refractivity contribution in [3.8, 4) is 11.5 Å². The molecule has 1 N–H and O–H groups in total. The van der Waals surface area contributed by atoms with Crippen molar-refractivity contribution in [2.75, 3.05) is 54.0 Å². The number of likely N-dealkylation sites (N-methyl/N-ethyl adjacent to an activating group) is 1. The van der Waals surface area contributed by atoms with E-state index in [4.69, 9.17) is 14.5 Å². The van der Waals surface area contributed by atoms with E-state index in [-0.39, 0.29) is 24.0 Å². The number of benzene rings is 1. The van der Waals surface area contributed by atoms with Crippen molar-refractivity contribution in [3.63, 3.8) is 0 Å². The normalized spacial score (nSPS) is 19.6. The highest BCUT2D eigenvalue weighted by molar-refractivity contribution is 14.0. The van der Waals surface area contributed by atoms with Crippen LogP contribution in [0, 0.1) is 5.92 Å². The number of hydrogen-bond acceptors (Lipinski definition) is 4. The maximum atomic E-state index is 5.42. The van der Waals surface area contributed by atoms with Crippen molar-refractivity contribution in [1.82, 2.24) is 15.1 Å². The minimum Gasteiger partial charge on any atom is -0.493 e. The van der Waals surface area contributed by atoms with Gasteiger partial charge in [0.05, 0.1) is 14.2 Å². The molecule has 7 heteroatoms.